The summed E-state index contributed by atoms with van der Waals surface area (Å²) in [6.07, 6.45) is 0. The molecule has 0 atom stereocenters. The van der Waals surface area contributed by atoms with E-state index in [4.69, 9.17) is 10.7 Å². The first kappa shape index (κ1) is 9.55. The Labute approximate surface area is 87.7 Å². The summed E-state index contributed by atoms with van der Waals surface area (Å²) in [5.74, 6) is 5.91. The normalized spacial score (nSPS) is 9.93. The van der Waals surface area contributed by atoms with Crippen LogP contribution in [0.2, 0.25) is 0 Å². The molecule has 3 nitrogen and oxygen atoms in total. The lowest BCUT2D eigenvalue weighted by atomic mass is 10.0. The van der Waals surface area contributed by atoms with Gasteiger partial charge in [-0.3, -0.25) is 0 Å². The zero-order valence-corrected chi connectivity index (χ0v) is 8.05. The Morgan fingerprint density at radius 2 is 1.47 bits per heavy atom. The van der Waals surface area contributed by atoms with Gasteiger partial charge in [0.15, 0.2) is 5.75 Å². The number of nitrogens with two attached hydrogens (primary N) is 1. The Kier molecular flexibility index (Phi) is 2.56. The standard InChI is InChI=1S/C12H11NO2/c13-15-12-8-4-2-6-10(12)9-5-1-3-7-11(9)14/h1-8,14H,13H2. The summed E-state index contributed by atoms with van der Waals surface area (Å²) < 4.78 is 0. The van der Waals surface area contributed by atoms with Crippen molar-refractivity contribution >= 4 is 0 Å². The smallest absolute Gasteiger partial charge is 0.154 e. The van der Waals surface area contributed by atoms with Gasteiger partial charge in [-0.15, -0.1) is 0 Å². The van der Waals surface area contributed by atoms with Gasteiger partial charge in [-0.25, -0.2) is 0 Å². The summed E-state index contributed by atoms with van der Waals surface area (Å²) in [6, 6.07) is 14.3. The zero-order chi connectivity index (χ0) is 10.7. The van der Waals surface area contributed by atoms with Crippen molar-refractivity contribution in [2.45, 2.75) is 0 Å². The van der Waals surface area contributed by atoms with Gasteiger partial charge >= 0.3 is 0 Å². The van der Waals surface area contributed by atoms with E-state index in [0.29, 0.717) is 11.3 Å². The first-order valence-corrected chi connectivity index (χ1v) is 4.57. The third kappa shape index (κ3) is 1.78. The molecule has 0 aliphatic heterocycles. The van der Waals surface area contributed by atoms with Crippen LogP contribution in [0.1, 0.15) is 0 Å². The molecule has 2 rings (SSSR count). The highest BCUT2D eigenvalue weighted by Crippen LogP contribution is 2.34. The van der Waals surface area contributed by atoms with Crippen molar-refractivity contribution in [3.8, 4) is 22.6 Å². The van der Waals surface area contributed by atoms with Gasteiger partial charge in [-0.05, 0) is 12.1 Å². The van der Waals surface area contributed by atoms with E-state index in [0.717, 1.165) is 5.56 Å². The summed E-state index contributed by atoms with van der Waals surface area (Å²) in [4.78, 5) is 4.74. The number of rotatable bonds is 2. The highest BCUT2D eigenvalue weighted by molar-refractivity contribution is 5.75. The Hall–Kier alpha value is -2.00. The van der Waals surface area contributed by atoms with Gasteiger partial charge in [0.05, 0.1) is 0 Å². The van der Waals surface area contributed by atoms with Crippen LogP contribution in [0, 0.1) is 0 Å². The summed E-state index contributed by atoms with van der Waals surface area (Å²) >= 11 is 0. The van der Waals surface area contributed by atoms with E-state index in [2.05, 4.69) is 0 Å². The average molecular weight is 201 g/mol. The monoisotopic (exact) mass is 201 g/mol. The largest absolute Gasteiger partial charge is 0.507 e. The molecule has 0 bridgehead atoms. The van der Waals surface area contributed by atoms with Gasteiger partial charge in [0.2, 0.25) is 0 Å². The summed E-state index contributed by atoms with van der Waals surface area (Å²) in [5.41, 5.74) is 1.48. The lowest BCUT2D eigenvalue weighted by Gasteiger charge is -2.08. The minimum atomic E-state index is 0.210. The lowest BCUT2D eigenvalue weighted by molar-refractivity contribution is 0.336. The molecule has 0 saturated heterocycles. The molecule has 0 heterocycles. The topological polar surface area (TPSA) is 55.5 Å². The fraction of sp³-hybridized carbons (Fsp3) is 0. The van der Waals surface area contributed by atoms with Crippen molar-refractivity contribution in [3.05, 3.63) is 48.5 Å². The number of hydrogen-bond donors (Lipinski definition) is 2. The van der Waals surface area contributed by atoms with Crippen molar-refractivity contribution < 1.29 is 9.94 Å². The average Bonchev–Trinajstić information content (AvgIpc) is 2.30. The van der Waals surface area contributed by atoms with Crippen LogP contribution in [0.15, 0.2) is 48.5 Å². The van der Waals surface area contributed by atoms with Crippen molar-refractivity contribution in [1.82, 2.24) is 0 Å². The van der Waals surface area contributed by atoms with Gasteiger partial charge in [-0.2, -0.15) is 5.90 Å². The van der Waals surface area contributed by atoms with Gasteiger partial charge in [-0.1, -0.05) is 36.4 Å². The van der Waals surface area contributed by atoms with Crippen molar-refractivity contribution in [2.75, 3.05) is 0 Å². The zero-order valence-electron chi connectivity index (χ0n) is 8.05. The SMILES string of the molecule is NOc1ccccc1-c1ccccc1O. The number of phenols is 1. The number of benzene rings is 2. The van der Waals surface area contributed by atoms with E-state index in [1.54, 1.807) is 18.2 Å². The Bertz CT molecular complexity index is 469. The maximum Gasteiger partial charge on any atom is 0.154 e. The summed E-state index contributed by atoms with van der Waals surface area (Å²) in [7, 11) is 0. The van der Waals surface area contributed by atoms with Crippen LogP contribution in [-0.2, 0) is 0 Å². The van der Waals surface area contributed by atoms with Crippen molar-refractivity contribution in [3.63, 3.8) is 0 Å². The van der Waals surface area contributed by atoms with E-state index in [-0.39, 0.29) is 5.75 Å². The van der Waals surface area contributed by atoms with Gasteiger partial charge in [0.25, 0.3) is 0 Å². The molecule has 0 aromatic heterocycles. The van der Waals surface area contributed by atoms with Crippen molar-refractivity contribution in [1.29, 1.82) is 0 Å². The molecule has 0 saturated carbocycles. The van der Waals surface area contributed by atoms with E-state index in [9.17, 15) is 5.11 Å². The summed E-state index contributed by atoms with van der Waals surface area (Å²) in [5, 5.41) is 9.69. The van der Waals surface area contributed by atoms with Crippen LogP contribution >= 0.6 is 0 Å². The lowest BCUT2D eigenvalue weighted by Crippen LogP contribution is -2.02. The third-order valence-corrected chi connectivity index (χ3v) is 2.21. The molecule has 2 aromatic carbocycles. The third-order valence-electron chi connectivity index (χ3n) is 2.21. The van der Waals surface area contributed by atoms with Gasteiger partial charge < -0.3 is 9.94 Å². The molecule has 0 spiro atoms. The fourth-order valence-electron chi connectivity index (χ4n) is 1.49. The molecule has 76 valence electrons. The Morgan fingerprint density at radius 3 is 2.13 bits per heavy atom. The number of aromatic hydroxyl groups is 1. The first-order chi connectivity index (χ1) is 7.33. The van der Waals surface area contributed by atoms with E-state index < -0.39 is 0 Å². The Morgan fingerprint density at radius 1 is 0.867 bits per heavy atom. The predicted molar refractivity (Wildman–Crippen MR) is 58.4 cm³/mol. The van der Waals surface area contributed by atoms with Gasteiger partial charge in [0.1, 0.15) is 5.75 Å². The minimum Gasteiger partial charge on any atom is -0.507 e. The number of hydrogen-bond acceptors (Lipinski definition) is 3. The van der Waals surface area contributed by atoms with Crippen LogP contribution in [0.5, 0.6) is 11.5 Å². The van der Waals surface area contributed by atoms with Crippen LogP contribution in [0.4, 0.5) is 0 Å². The quantitative estimate of drug-likeness (QED) is 0.733. The molecule has 15 heavy (non-hydrogen) atoms. The second kappa shape index (κ2) is 4.02. The van der Waals surface area contributed by atoms with E-state index >= 15 is 0 Å². The molecule has 0 amide bonds. The number of para-hydroxylation sites is 2. The van der Waals surface area contributed by atoms with Crippen LogP contribution in [0.3, 0.4) is 0 Å². The highest BCUT2D eigenvalue weighted by atomic mass is 16.6. The molecular formula is C12H11NO2. The predicted octanol–water partition coefficient (Wildman–Crippen LogP) is 2.31. The second-order valence-corrected chi connectivity index (χ2v) is 3.13. The van der Waals surface area contributed by atoms with Crippen LogP contribution < -0.4 is 10.7 Å². The Balaban J connectivity index is 2.59. The molecule has 0 fully saturated rings. The van der Waals surface area contributed by atoms with Gasteiger partial charge in [0, 0.05) is 11.1 Å². The molecule has 0 aliphatic carbocycles. The van der Waals surface area contributed by atoms with Crippen LogP contribution in [-0.4, -0.2) is 5.11 Å². The number of phenolic OH excluding ortho intramolecular Hbond substituents is 1. The minimum absolute atomic E-state index is 0.210. The molecule has 2 aromatic rings. The van der Waals surface area contributed by atoms with E-state index in [1.165, 1.54) is 0 Å². The molecule has 0 radical (unpaired) electrons. The molecule has 3 heteroatoms. The van der Waals surface area contributed by atoms with Crippen LogP contribution in [0.25, 0.3) is 11.1 Å². The molecule has 3 N–H and O–H groups in total. The first-order valence-electron chi connectivity index (χ1n) is 4.57. The fourth-order valence-corrected chi connectivity index (χ4v) is 1.49. The molecular weight excluding hydrogens is 190 g/mol. The highest BCUT2D eigenvalue weighted by Gasteiger charge is 2.08. The molecule has 0 unspecified atom stereocenters. The maximum absolute atomic E-state index is 9.69. The second-order valence-electron chi connectivity index (χ2n) is 3.13. The maximum atomic E-state index is 9.69. The van der Waals surface area contributed by atoms with E-state index in [1.807, 2.05) is 30.3 Å². The molecule has 0 aliphatic rings. The van der Waals surface area contributed by atoms with Crippen molar-refractivity contribution in [2.24, 2.45) is 5.90 Å². The summed E-state index contributed by atoms with van der Waals surface area (Å²) in [6.45, 7) is 0.